The molecule has 4 rings (SSSR count). The molecule has 28 heavy (non-hydrogen) atoms. The van der Waals surface area contributed by atoms with E-state index in [0.717, 1.165) is 22.7 Å². The van der Waals surface area contributed by atoms with Crippen LogP contribution in [-0.4, -0.2) is 21.6 Å². The lowest BCUT2D eigenvalue weighted by Crippen LogP contribution is -2.18. The summed E-state index contributed by atoms with van der Waals surface area (Å²) in [6.45, 7) is 2.76. The number of nitrogens with zero attached hydrogens (tertiary/aromatic N) is 3. The average Bonchev–Trinajstić information content (AvgIpc) is 3.44. The van der Waals surface area contributed by atoms with Crippen molar-refractivity contribution in [2.45, 2.75) is 19.5 Å². The van der Waals surface area contributed by atoms with Crippen molar-refractivity contribution in [1.29, 1.82) is 0 Å². The van der Waals surface area contributed by atoms with E-state index in [0.29, 0.717) is 12.4 Å². The third-order valence-electron chi connectivity index (χ3n) is 4.65. The summed E-state index contributed by atoms with van der Waals surface area (Å²) < 4.78 is 12.8. The van der Waals surface area contributed by atoms with E-state index in [1.807, 2.05) is 35.0 Å². The molecule has 4 aromatic rings. The van der Waals surface area contributed by atoms with Crippen LogP contribution in [0.4, 0.5) is 0 Å². The molecule has 0 fully saturated rings. The minimum Gasteiger partial charge on any atom is -0.497 e. The van der Waals surface area contributed by atoms with Crippen LogP contribution in [0.2, 0.25) is 0 Å². The van der Waals surface area contributed by atoms with Gasteiger partial charge in [-0.25, -0.2) is 9.97 Å². The SMILES string of the molecule is COc1ccc(-c2nc(CNC(C)c3cccc(-n4ccnc4)c3)co2)cc1. The van der Waals surface area contributed by atoms with E-state index in [2.05, 4.69) is 46.5 Å². The highest BCUT2D eigenvalue weighted by Gasteiger charge is 2.10. The maximum atomic E-state index is 5.63. The van der Waals surface area contributed by atoms with Gasteiger partial charge in [0, 0.05) is 36.2 Å². The summed E-state index contributed by atoms with van der Waals surface area (Å²) in [7, 11) is 1.65. The summed E-state index contributed by atoms with van der Waals surface area (Å²) in [5.74, 6) is 1.41. The molecule has 142 valence electrons. The molecule has 0 aliphatic rings. The normalized spacial score (nSPS) is 12.1. The maximum Gasteiger partial charge on any atom is 0.226 e. The van der Waals surface area contributed by atoms with E-state index in [1.54, 1.807) is 25.9 Å². The molecule has 0 saturated carbocycles. The number of benzene rings is 2. The first-order valence-corrected chi connectivity index (χ1v) is 9.13. The summed E-state index contributed by atoms with van der Waals surface area (Å²) in [4.78, 5) is 8.69. The molecule has 0 bridgehead atoms. The van der Waals surface area contributed by atoms with Crippen molar-refractivity contribution in [2.24, 2.45) is 0 Å². The van der Waals surface area contributed by atoms with E-state index in [4.69, 9.17) is 9.15 Å². The highest BCUT2D eigenvalue weighted by molar-refractivity contribution is 5.54. The molecule has 2 aromatic carbocycles. The van der Waals surface area contributed by atoms with Crippen molar-refractivity contribution < 1.29 is 9.15 Å². The molecule has 1 atom stereocenters. The first kappa shape index (κ1) is 18.0. The van der Waals surface area contributed by atoms with Gasteiger partial charge in [0.25, 0.3) is 0 Å². The van der Waals surface area contributed by atoms with Crippen molar-refractivity contribution in [3.8, 4) is 22.9 Å². The zero-order valence-corrected chi connectivity index (χ0v) is 15.9. The summed E-state index contributed by atoms with van der Waals surface area (Å²) in [6.07, 6.45) is 7.21. The van der Waals surface area contributed by atoms with E-state index in [9.17, 15) is 0 Å². The summed E-state index contributed by atoms with van der Waals surface area (Å²) in [6, 6.07) is 16.2. The number of hydrogen-bond acceptors (Lipinski definition) is 5. The molecular weight excluding hydrogens is 352 g/mol. The number of rotatable bonds is 7. The van der Waals surface area contributed by atoms with Gasteiger partial charge in [0.1, 0.15) is 12.0 Å². The molecule has 0 saturated heterocycles. The second kappa shape index (κ2) is 8.10. The smallest absolute Gasteiger partial charge is 0.226 e. The Hall–Kier alpha value is -3.38. The zero-order valence-electron chi connectivity index (χ0n) is 15.9. The molecule has 1 unspecified atom stereocenters. The molecule has 6 heteroatoms. The Balaban J connectivity index is 1.40. The van der Waals surface area contributed by atoms with Crippen molar-refractivity contribution in [2.75, 3.05) is 7.11 Å². The minimum absolute atomic E-state index is 0.171. The van der Waals surface area contributed by atoms with Gasteiger partial charge in [-0.3, -0.25) is 0 Å². The van der Waals surface area contributed by atoms with Crippen LogP contribution in [0.25, 0.3) is 17.1 Å². The monoisotopic (exact) mass is 374 g/mol. The minimum atomic E-state index is 0.171. The van der Waals surface area contributed by atoms with Crippen LogP contribution < -0.4 is 10.1 Å². The lowest BCUT2D eigenvalue weighted by atomic mass is 10.1. The van der Waals surface area contributed by atoms with Crippen molar-refractivity contribution >= 4 is 0 Å². The molecule has 1 N–H and O–H groups in total. The summed E-state index contributed by atoms with van der Waals surface area (Å²) >= 11 is 0. The molecule has 0 radical (unpaired) electrons. The predicted molar refractivity (Wildman–Crippen MR) is 107 cm³/mol. The quantitative estimate of drug-likeness (QED) is 0.520. The Labute approximate surface area is 163 Å². The van der Waals surface area contributed by atoms with Gasteiger partial charge in [0.2, 0.25) is 5.89 Å². The van der Waals surface area contributed by atoms with E-state index < -0.39 is 0 Å². The Morgan fingerprint density at radius 2 is 2.04 bits per heavy atom. The van der Waals surface area contributed by atoms with Gasteiger partial charge in [0.05, 0.1) is 19.1 Å². The molecule has 0 spiro atoms. The lowest BCUT2D eigenvalue weighted by Gasteiger charge is -2.14. The van der Waals surface area contributed by atoms with Crippen LogP contribution in [0.1, 0.15) is 24.2 Å². The Morgan fingerprint density at radius 1 is 1.18 bits per heavy atom. The number of aromatic nitrogens is 3. The van der Waals surface area contributed by atoms with Gasteiger partial charge < -0.3 is 19.0 Å². The van der Waals surface area contributed by atoms with E-state index in [-0.39, 0.29) is 6.04 Å². The zero-order chi connectivity index (χ0) is 19.3. The number of methoxy groups -OCH3 is 1. The number of nitrogens with one attached hydrogen (secondary N) is 1. The molecular formula is C22H22N4O2. The fourth-order valence-corrected chi connectivity index (χ4v) is 3.00. The van der Waals surface area contributed by atoms with Crippen molar-refractivity contribution in [1.82, 2.24) is 19.9 Å². The van der Waals surface area contributed by atoms with Gasteiger partial charge in [-0.05, 0) is 48.9 Å². The molecule has 6 nitrogen and oxygen atoms in total. The predicted octanol–water partition coefficient (Wildman–Crippen LogP) is 4.39. The summed E-state index contributed by atoms with van der Waals surface area (Å²) in [5.41, 5.74) is 4.08. The topological polar surface area (TPSA) is 65.1 Å². The Bertz CT molecular complexity index is 1020. The van der Waals surface area contributed by atoms with E-state index in [1.165, 1.54) is 5.56 Å². The molecule has 0 aliphatic heterocycles. The van der Waals surface area contributed by atoms with Crippen LogP contribution >= 0.6 is 0 Å². The number of hydrogen-bond donors (Lipinski definition) is 1. The largest absolute Gasteiger partial charge is 0.497 e. The number of ether oxygens (including phenoxy) is 1. The van der Waals surface area contributed by atoms with Crippen LogP contribution in [0.15, 0.2) is 77.9 Å². The Kier molecular flexibility index (Phi) is 5.21. The third kappa shape index (κ3) is 3.97. The molecule has 0 aliphatic carbocycles. The van der Waals surface area contributed by atoms with Gasteiger partial charge >= 0.3 is 0 Å². The fourth-order valence-electron chi connectivity index (χ4n) is 3.00. The second-order valence-electron chi connectivity index (χ2n) is 6.54. The standard InChI is InChI=1S/C22H22N4O2/c1-16(18-4-3-5-20(12-18)26-11-10-23-15-26)24-13-19-14-28-22(25-19)17-6-8-21(27-2)9-7-17/h3-12,14-16,24H,13H2,1-2H3. The lowest BCUT2D eigenvalue weighted by molar-refractivity contribution is 0.415. The van der Waals surface area contributed by atoms with Crippen LogP contribution in [-0.2, 0) is 6.54 Å². The second-order valence-corrected chi connectivity index (χ2v) is 6.54. The van der Waals surface area contributed by atoms with Crippen LogP contribution in [0.3, 0.4) is 0 Å². The van der Waals surface area contributed by atoms with Gasteiger partial charge in [-0.2, -0.15) is 0 Å². The molecule has 2 heterocycles. The highest BCUT2D eigenvalue weighted by Crippen LogP contribution is 2.22. The Morgan fingerprint density at radius 3 is 2.79 bits per heavy atom. The van der Waals surface area contributed by atoms with Crippen molar-refractivity contribution in [3.63, 3.8) is 0 Å². The average molecular weight is 374 g/mol. The molecule has 0 amide bonds. The maximum absolute atomic E-state index is 5.63. The third-order valence-corrected chi connectivity index (χ3v) is 4.65. The molecule has 2 aromatic heterocycles. The first-order valence-electron chi connectivity index (χ1n) is 9.13. The number of imidazole rings is 1. The fraction of sp³-hybridized carbons (Fsp3) is 0.182. The summed E-state index contributed by atoms with van der Waals surface area (Å²) in [5, 5.41) is 3.50. The first-order chi connectivity index (χ1) is 13.7. The van der Waals surface area contributed by atoms with Gasteiger partial charge in [0.15, 0.2) is 0 Å². The highest BCUT2D eigenvalue weighted by atomic mass is 16.5. The van der Waals surface area contributed by atoms with Crippen LogP contribution in [0, 0.1) is 0 Å². The van der Waals surface area contributed by atoms with Crippen LogP contribution in [0.5, 0.6) is 5.75 Å². The van der Waals surface area contributed by atoms with Crippen molar-refractivity contribution in [3.05, 3.63) is 84.8 Å². The van der Waals surface area contributed by atoms with Gasteiger partial charge in [-0.1, -0.05) is 12.1 Å². The number of oxazole rings is 1. The van der Waals surface area contributed by atoms with Gasteiger partial charge in [-0.15, -0.1) is 0 Å². The van der Waals surface area contributed by atoms with E-state index >= 15 is 0 Å².